The van der Waals surface area contributed by atoms with E-state index in [2.05, 4.69) is 15.3 Å². The van der Waals surface area contributed by atoms with Crippen LogP contribution in [0.3, 0.4) is 0 Å². The molecular formula is C19H16ClN3OS. The molecule has 1 saturated carbocycles. The van der Waals surface area contributed by atoms with E-state index in [1.54, 1.807) is 12.4 Å². The van der Waals surface area contributed by atoms with Gasteiger partial charge in [0.25, 0.3) is 0 Å². The lowest BCUT2D eigenvalue weighted by atomic mass is 9.64. The van der Waals surface area contributed by atoms with Gasteiger partial charge in [0.1, 0.15) is 0 Å². The summed E-state index contributed by atoms with van der Waals surface area (Å²) >= 11 is 7.41. The van der Waals surface area contributed by atoms with Crippen LogP contribution in [0.5, 0.6) is 0 Å². The van der Waals surface area contributed by atoms with Gasteiger partial charge in [0.2, 0.25) is 5.91 Å². The van der Waals surface area contributed by atoms with Gasteiger partial charge in [-0.25, -0.2) is 4.98 Å². The Bertz CT molecular complexity index is 889. The largest absolute Gasteiger partial charge is 0.301 e. The Morgan fingerprint density at radius 3 is 2.64 bits per heavy atom. The Balaban J connectivity index is 1.55. The number of pyridine rings is 1. The molecule has 6 heteroatoms. The molecule has 1 amide bonds. The van der Waals surface area contributed by atoms with Crippen LogP contribution in [-0.4, -0.2) is 15.9 Å². The van der Waals surface area contributed by atoms with Crippen molar-refractivity contribution in [3.8, 4) is 11.3 Å². The third kappa shape index (κ3) is 3.05. The number of nitrogens with zero attached hydrogens (tertiary/aromatic N) is 2. The van der Waals surface area contributed by atoms with Crippen LogP contribution in [0.4, 0.5) is 5.13 Å². The normalized spacial score (nSPS) is 15.4. The SMILES string of the molecule is O=C(Nc1nc(-c2cccnc2)cs1)C1(c2ccc(Cl)cc2)CCC1. The molecule has 1 aliphatic rings. The number of amides is 1. The van der Waals surface area contributed by atoms with Crippen molar-refractivity contribution in [2.45, 2.75) is 24.7 Å². The molecule has 0 atom stereocenters. The number of aromatic nitrogens is 2. The second-order valence-corrected chi connectivity index (χ2v) is 7.47. The first-order valence-electron chi connectivity index (χ1n) is 8.11. The third-order valence-electron chi connectivity index (χ3n) is 4.72. The van der Waals surface area contributed by atoms with E-state index in [1.165, 1.54) is 11.3 Å². The molecule has 0 bridgehead atoms. The van der Waals surface area contributed by atoms with E-state index in [9.17, 15) is 4.79 Å². The maximum Gasteiger partial charge on any atom is 0.236 e. The first-order valence-corrected chi connectivity index (χ1v) is 9.37. The highest BCUT2D eigenvalue weighted by atomic mass is 35.5. The fraction of sp³-hybridized carbons (Fsp3) is 0.211. The van der Waals surface area contributed by atoms with Gasteiger partial charge >= 0.3 is 0 Å². The second kappa shape index (κ2) is 6.58. The minimum atomic E-state index is -0.468. The number of carbonyl (C=O) groups is 1. The highest BCUT2D eigenvalue weighted by molar-refractivity contribution is 7.14. The molecule has 3 aromatic rings. The average molecular weight is 370 g/mol. The van der Waals surface area contributed by atoms with Gasteiger partial charge in [-0.15, -0.1) is 11.3 Å². The number of carbonyl (C=O) groups excluding carboxylic acids is 1. The van der Waals surface area contributed by atoms with Gasteiger partial charge in [-0.1, -0.05) is 30.2 Å². The van der Waals surface area contributed by atoms with Crippen LogP contribution in [0, 0.1) is 0 Å². The molecule has 0 saturated heterocycles. The molecule has 4 rings (SSSR count). The van der Waals surface area contributed by atoms with Gasteiger partial charge in [0, 0.05) is 28.4 Å². The summed E-state index contributed by atoms with van der Waals surface area (Å²) in [6.07, 6.45) is 6.24. The lowest BCUT2D eigenvalue weighted by molar-refractivity contribution is -0.124. The molecule has 0 radical (unpaired) electrons. The molecule has 2 heterocycles. The molecular weight excluding hydrogens is 354 g/mol. The third-order valence-corrected chi connectivity index (χ3v) is 5.73. The molecule has 0 unspecified atom stereocenters. The molecule has 2 aromatic heterocycles. The predicted molar refractivity (Wildman–Crippen MR) is 101 cm³/mol. The number of benzene rings is 1. The number of anilines is 1. The zero-order chi connectivity index (χ0) is 17.3. The monoisotopic (exact) mass is 369 g/mol. The Kier molecular flexibility index (Phi) is 4.27. The van der Waals surface area contributed by atoms with E-state index in [-0.39, 0.29) is 5.91 Å². The molecule has 0 aliphatic heterocycles. The summed E-state index contributed by atoms with van der Waals surface area (Å²) in [5.41, 5.74) is 2.31. The Morgan fingerprint density at radius 1 is 1.20 bits per heavy atom. The van der Waals surface area contributed by atoms with Gasteiger partial charge in [0.05, 0.1) is 11.1 Å². The van der Waals surface area contributed by atoms with Crippen molar-refractivity contribution in [1.82, 2.24) is 9.97 Å². The van der Waals surface area contributed by atoms with Crippen molar-refractivity contribution in [2.75, 3.05) is 5.32 Å². The number of halogens is 1. The lowest BCUT2D eigenvalue weighted by Crippen LogP contribution is -2.45. The van der Waals surface area contributed by atoms with Crippen LogP contribution < -0.4 is 5.32 Å². The summed E-state index contributed by atoms with van der Waals surface area (Å²) in [7, 11) is 0. The van der Waals surface area contributed by atoms with E-state index < -0.39 is 5.41 Å². The van der Waals surface area contributed by atoms with Gasteiger partial charge in [0.15, 0.2) is 5.13 Å². The minimum Gasteiger partial charge on any atom is -0.301 e. The van der Waals surface area contributed by atoms with Crippen LogP contribution in [0.2, 0.25) is 5.02 Å². The van der Waals surface area contributed by atoms with Crippen LogP contribution in [-0.2, 0) is 10.2 Å². The van der Waals surface area contributed by atoms with E-state index in [0.29, 0.717) is 10.2 Å². The highest BCUT2D eigenvalue weighted by Crippen LogP contribution is 2.45. The van der Waals surface area contributed by atoms with E-state index >= 15 is 0 Å². The zero-order valence-electron chi connectivity index (χ0n) is 13.4. The summed E-state index contributed by atoms with van der Waals surface area (Å²) in [4.78, 5) is 21.6. The van der Waals surface area contributed by atoms with Crippen LogP contribution in [0.15, 0.2) is 54.2 Å². The van der Waals surface area contributed by atoms with Gasteiger partial charge in [-0.05, 0) is 42.7 Å². The first kappa shape index (κ1) is 16.2. The predicted octanol–water partition coefficient (Wildman–Crippen LogP) is 4.92. The van der Waals surface area contributed by atoms with Crippen molar-refractivity contribution < 1.29 is 4.79 Å². The summed E-state index contributed by atoms with van der Waals surface area (Å²) in [6, 6.07) is 11.4. The van der Waals surface area contributed by atoms with E-state index in [0.717, 1.165) is 36.1 Å². The number of rotatable bonds is 4. The number of hydrogen-bond donors (Lipinski definition) is 1. The summed E-state index contributed by atoms with van der Waals surface area (Å²) in [6.45, 7) is 0. The standard InChI is InChI=1S/C19H16ClN3OS/c20-15-6-4-14(5-7-15)19(8-2-9-19)17(24)23-18-22-16(12-25-18)13-3-1-10-21-11-13/h1,3-7,10-12H,2,8-9H2,(H,22,23,24). The number of thiazole rings is 1. The topological polar surface area (TPSA) is 54.9 Å². The van der Waals surface area contributed by atoms with Gasteiger partial charge in [-0.2, -0.15) is 0 Å². The molecule has 4 nitrogen and oxygen atoms in total. The number of hydrogen-bond acceptors (Lipinski definition) is 4. The number of nitrogens with one attached hydrogen (secondary N) is 1. The molecule has 1 aromatic carbocycles. The second-order valence-electron chi connectivity index (χ2n) is 6.18. The van der Waals surface area contributed by atoms with Crippen molar-refractivity contribution in [2.24, 2.45) is 0 Å². The van der Waals surface area contributed by atoms with Crippen LogP contribution in [0.25, 0.3) is 11.3 Å². The van der Waals surface area contributed by atoms with Crippen LogP contribution >= 0.6 is 22.9 Å². The first-order chi connectivity index (χ1) is 12.2. The molecule has 126 valence electrons. The van der Waals surface area contributed by atoms with Crippen molar-refractivity contribution in [1.29, 1.82) is 0 Å². The summed E-state index contributed by atoms with van der Waals surface area (Å²) in [5, 5.41) is 6.23. The fourth-order valence-corrected chi connectivity index (χ4v) is 3.98. The Morgan fingerprint density at radius 2 is 2.00 bits per heavy atom. The average Bonchev–Trinajstić information content (AvgIpc) is 3.05. The molecule has 0 spiro atoms. The quantitative estimate of drug-likeness (QED) is 0.710. The van der Waals surface area contributed by atoms with Gasteiger partial charge < -0.3 is 5.32 Å². The smallest absolute Gasteiger partial charge is 0.236 e. The van der Waals surface area contributed by atoms with Crippen LogP contribution in [0.1, 0.15) is 24.8 Å². The lowest BCUT2D eigenvalue weighted by Gasteiger charge is -2.40. The van der Waals surface area contributed by atoms with Gasteiger partial charge in [-0.3, -0.25) is 9.78 Å². The maximum absolute atomic E-state index is 13.0. The van der Waals surface area contributed by atoms with Crippen molar-refractivity contribution in [3.05, 3.63) is 64.8 Å². The minimum absolute atomic E-state index is 0.00755. The van der Waals surface area contributed by atoms with E-state index in [4.69, 9.17) is 11.6 Å². The molecule has 1 fully saturated rings. The highest BCUT2D eigenvalue weighted by Gasteiger charge is 2.45. The molecule has 1 N–H and O–H groups in total. The summed E-state index contributed by atoms with van der Waals surface area (Å²) < 4.78 is 0. The van der Waals surface area contributed by atoms with Crippen molar-refractivity contribution >= 4 is 34.0 Å². The molecule has 25 heavy (non-hydrogen) atoms. The maximum atomic E-state index is 13.0. The zero-order valence-corrected chi connectivity index (χ0v) is 15.0. The summed E-state index contributed by atoms with van der Waals surface area (Å²) in [5.74, 6) is 0.00755. The molecule has 1 aliphatic carbocycles. The Hall–Kier alpha value is -2.24. The Labute approximate surface area is 154 Å². The fourth-order valence-electron chi connectivity index (χ4n) is 3.14. The van der Waals surface area contributed by atoms with E-state index in [1.807, 2.05) is 41.8 Å². The van der Waals surface area contributed by atoms with Crippen molar-refractivity contribution in [3.63, 3.8) is 0 Å².